The first-order valence-electron chi connectivity index (χ1n) is 9.57. The molecule has 0 saturated carbocycles. The van der Waals surface area contributed by atoms with Crippen LogP contribution in [0.15, 0.2) is 42.5 Å². The number of likely N-dealkylation sites (tertiary alicyclic amines) is 1. The van der Waals surface area contributed by atoms with Gasteiger partial charge in [0.1, 0.15) is 0 Å². The summed E-state index contributed by atoms with van der Waals surface area (Å²) in [6.45, 7) is 5.84. The number of carbonyl (C=O) groups excluding carboxylic acids is 1. The lowest BCUT2D eigenvalue weighted by Crippen LogP contribution is -2.38. The summed E-state index contributed by atoms with van der Waals surface area (Å²) in [6.07, 6.45) is 3.84. The molecular weight excluding hydrogens is 320 g/mol. The van der Waals surface area contributed by atoms with Gasteiger partial charge in [-0.05, 0) is 66.5 Å². The quantitative estimate of drug-likeness (QED) is 0.805. The molecule has 0 N–H and O–H groups in total. The molecule has 0 spiro atoms. The molecule has 2 aromatic rings. The zero-order chi connectivity index (χ0) is 18.5. The maximum atomic E-state index is 13.0. The molecule has 1 aliphatic heterocycles. The van der Waals surface area contributed by atoms with Crippen LogP contribution >= 0.6 is 0 Å². The lowest BCUT2D eigenvalue weighted by Gasteiger charge is -2.32. The zero-order valence-electron chi connectivity index (χ0n) is 15.7. The third-order valence-corrected chi connectivity index (χ3v) is 5.48. The topological polar surface area (TPSA) is 44.1 Å². The van der Waals surface area contributed by atoms with Crippen molar-refractivity contribution < 1.29 is 4.79 Å². The minimum atomic E-state index is 0.169. The molecule has 1 saturated heterocycles. The summed E-state index contributed by atoms with van der Waals surface area (Å²) in [5.41, 5.74) is 5.28. The van der Waals surface area contributed by atoms with Crippen LogP contribution in [-0.2, 0) is 12.8 Å². The Hall–Kier alpha value is -2.60. The summed E-state index contributed by atoms with van der Waals surface area (Å²) in [4.78, 5) is 15.0. The third-order valence-electron chi connectivity index (χ3n) is 5.48. The highest BCUT2D eigenvalue weighted by Gasteiger charge is 2.25. The standard InChI is InChI=1S/C23H26N2O/c1-3-17-7-10-22(19(4-2)15-17)23(26)25-13-11-21(12-14-25)20-8-5-18(16-24)6-9-20/h5-10,15,21H,3-4,11-14H2,1-2H3. The van der Waals surface area contributed by atoms with Gasteiger partial charge >= 0.3 is 0 Å². The number of rotatable bonds is 4. The molecule has 3 nitrogen and oxygen atoms in total. The molecule has 0 unspecified atom stereocenters. The van der Waals surface area contributed by atoms with Crippen molar-refractivity contribution in [1.82, 2.24) is 4.90 Å². The summed E-state index contributed by atoms with van der Waals surface area (Å²) in [6, 6.07) is 16.3. The van der Waals surface area contributed by atoms with Gasteiger partial charge in [-0.25, -0.2) is 0 Å². The van der Waals surface area contributed by atoms with E-state index in [1.165, 1.54) is 11.1 Å². The zero-order valence-corrected chi connectivity index (χ0v) is 15.7. The van der Waals surface area contributed by atoms with Crippen LogP contribution in [0.2, 0.25) is 0 Å². The van der Waals surface area contributed by atoms with E-state index >= 15 is 0 Å². The molecule has 0 bridgehead atoms. The molecule has 3 heteroatoms. The van der Waals surface area contributed by atoms with E-state index in [0.717, 1.165) is 49.9 Å². The summed E-state index contributed by atoms with van der Waals surface area (Å²) in [7, 11) is 0. The van der Waals surface area contributed by atoms with Crippen molar-refractivity contribution in [2.45, 2.75) is 45.4 Å². The first-order chi connectivity index (χ1) is 12.7. The Labute approximate surface area is 156 Å². The Balaban J connectivity index is 1.67. The Morgan fingerprint density at radius 2 is 1.77 bits per heavy atom. The number of hydrogen-bond donors (Lipinski definition) is 0. The van der Waals surface area contributed by atoms with E-state index in [2.05, 4.69) is 44.2 Å². The predicted molar refractivity (Wildman–Crippen MR) is 104 cm³/mol. The first-order valence-corrected chi connectivity index (χ1v) is 9.57. The van der Waals surface area contributed by atoms with Gasteiger partial charge in [-0.3, -0.25) is 4.79 Å². The Kier molecular flexibility index (Phi) is 5.73. The highest BCUT2D eigenvalue weighted by Crippen LogP contribution is 2.29. The van der Waals surface area contributed by atoms with Crippen LogP contribution in [0.4, 0.5) is 0 Å². The number of carbonyl (C=O) groups is 1. The van der Waals surface area contributed by atoms with Gasteiger partial charge in [0, 0.05) is 18.7 Å². The molecule has 1 amide bonds. The lowest BCUT2D eigenvalue weighted by atomic mass is 9.88. The van der Waals surface area contributed by atoms with E-state index < -0.39 is 0 Å². The minimum absolute atomic E-state index is 0.169. The number of aryl methyl sites for hydroxylation is 2. The monoisotopic (exact) mass is 346 g/mol. The molecule has 1 heterocycles. The number of nitrogens with zero attached hydrogens (tertiary/aromatic N) is 2. The van der Waals surface area contributed by atoms with Crippen LogP contribution in [0, 0.1) is 11.3 Å². The first kappa shape index (κ1) is 18.2. The average Bonchev–Trinajstić information content (AvgIpc) is 2.73. The predicted octanol–water partition coefficient (Wildman–Crippen LogP) is 4.70. The van der Waals surface area contributed by atoms with Crippen LogP contribution < -0.4 is 0 Å². The number of piperidine rings is 1. The summed E-state index contributed by atoms with van der Waals surface area (Å²) in [5, 5.41) is 8.92. The highest BCUT2D eigenvalue weighted by atomic mass is 16.2. The number of amides is 1. The maximum Gasteiger partial charge on any atom is 0.254 e. The molecule has 134 valence electrons. The van der Waals surface area contributed by atoms with Crippen molar-refractivity contribution in [3.63, 3.8) is 0 Å². The van der Waals surface area contributed by atoms with E-state index in [1.807, 2.05) is 23.1 Å². The lowest BCUT2D eigenvalue weighted by molar-refractivity contribution is 0.0712. The van der Waals surface area contributed by atoms with E-state index in [4.69, 9.17) is 5.26 Å². The van der Waals surface area contributed by atoms with Gasteiger partial charge in [0.05, 0.1) is 11.6 Å². The number of hydrogen-bond acceptors (Lipinski definition) is 2. The largest absolute Gasteiger partial charge is 0.339 e. The second-order valence-electron chi connectivity index (χ2n) is 7.00. The van der Waals surface area contributed by atoms with Gasteiger partial charge in [-0.2, -0.15) is 5.26 Å². The molecule has 0 radical (unpaired) electrons. The molecule has 26 heavy (non-hydrogen) atoms. The molecule has 2 aromatic carbocycles. The second kappa shape index (κ2) is 8.19. The van der Waals surface area contributed by atoms with Crippen LogP contribution in [0.1, 0.15) is 65.2 Å². The van der Waals surface area contributed by atoms with Gasteiger partial charge in [0.15, 0.2) is 0 Å². The molecular formula is C23H26N2O. The van der Waals surface area contributed by atoms with Crippen molar-refractivity contribution in [2.24, 2.45) is 0 Å². The SMILES string of the molecule is CCc1ccc(C(=O)N2CCC(c3ccc(C#N)cc3)CC2)c(CC)c1. The van der Waals surface area contributed by atoms with Crippen molar-refractivity contribution in [3.05, 3.63) is 70.3 Å². The molecule has 0 aromatic heterocycles. The van der Waals surface area contributed by atoms with Crippen molar-refractivity contribution in [3.8, 4) is 6.07 Å². The summed E-state index contributed by atoms with van der Waals surface area (Å²) >= 11 is 0. The van der Waals surface area contributed by atoms with Crippen molar-refractivity contribution in [2.75, 3.05) is 13.1 Å². The molecule has 0 aliphatic carbocycles. The van der Waals surface area contributed by atoms with Crippen LogP contribution in [0.5, 0.6) is 0 Å². The van der Waals surface area contributed by atoms with E-state index in [1.54, 1.807) is 0 Å². The van der Waals surface area contributed by atoms with Crippen LogP contribution in [0.3, 0.4) is 0 Å². The summed E-state index contributed by atoms with van der Waals surface area (Å²) in [5.74, 6) is 0.641. The summed E-state index contributed by atoms with van der Waals surface area (Å²) < 4.78 is 0. The fraction of sp³-hybridized carbons (Fsp3) is 0.391. The van der Waals surface area contributed by atoms with Gasteiger partial charge in [0.2, 0.25) is 0 Å². The van der Waals surface area contributed by atoms with E-state index in [-0.39, 0.29) is 5.91 Å². The molecule has 1 aliphatic rings. The fourth-order valence-electron chi connectivity index (χ4n) is 3.78. The Bertz CT molecular complexity index is 809. The number of nitriles is 1. The molecule has 0 atom stereocenters. The van der Waals surface area contributed by atoms with E-state index in [9.17, 15) is 4.79 Å². The molecule has 1 fully saturated rings. The van der Waals surface area contributed by atoms with Gasteiger partial charge in [-0.1, -0.05) is 38.1 Å². The van der Waals surface area contributed by atoms with Crippen molar-refractivity contribution >= 4 is 5.91 Å². The van der Waals surface area contributed by atoms with Crippen molar-refractivity contribution in [1.29, 1.82) is 5.26 Å². The molecule has 3 rings (SSSR count). The van der Waals surface area contributed by atoms with Gasteiger partial charge in [-0.15, -0.1) is 0 Å². The smallest absolute Gasteiger partial charge is 0.254 e. The van der Waals surface area contributed by atoms with Crippen LogP contribution in [-0.4, -0.2) is 23.9 Å². The normalized spacial score (nSPS) is 14.9. The van der Waals surface area contributed by atoms with Crippen LogP contribution in [0.25, 0.3) is 0 Å². The van der Waals surface area contributed by atoms with E-state index in [0.29, 0.717) is 11.5 Å². The van der Waals surface area contributed by atoms with Gasteiger partial charge < -0.3 is 4.90 Å². The third kappa shape index (κ3) is 3.80. The average molecular weight is 346 g/mol. The second-order valence-corrected chi connectivity index (χ2v) is 7.00. The fourth-order valence-corrected chi connectivity index (χ4v) is 3.78. The van der Waals surface area contributed by atoms with Gasteiger partial charge in [0.25, 0.3) is 5.91 Å². The maximum absolute atomic E-state index is 13.0. The number of benzene rings is 2. The Morgan fingerprint density at radius 3 is 2.35 bits per heavy atom. The minimum Gasteiger partial charge on any atom is -0.339 e. The highest BCUT2D eigenvalue weighted by molar-refractivity contribution is 5.95. The Morgan fingerprint density at radius 1 is 1.08 bits per heavy atom.